The van der Waals surface area contributed by atoms with Crippen LogP contribution in [-0.4, -0.2) is 63.0 Å². The molecule has 0 saturated carbocycles. The maximum absolute atomic E-state index is 13.7. The average molecular weight is 566 g/mol. The van der Waals surface area contributed by atoms with Crippen molar-refractivity contribution in [2.75, 3.05) is 33.4 Å². The number of piperidine rings is 1. The maximum atomic E-state index is 13.7. The van der Waals surface area contributed by atoms with Crippen LogP contribution in [0.2, 0.25) is 0 Å². The minimum absolute atomic E-state index is 0.0448. The Kier molecular flexibility index (Phi) is 8.20. The van der Waals surface area contributed by atoms with Crippen molar-refractivity contribution >= 4 is 31.9 Å². The van der Waals surface area contributed by atoms with Crippen molar-refractivity contribution in [1.82, 2.24) is 9.21 Å². The molecule has 0 bridgehead atoms. The summed E-state index contributed by atoms with van der Waals surface area (Å²) < 4.78 is 41.1. The Hall–Kier alpha value is -1.94. The van der Waals surface area contributed by atoms with Gasteiger partial charge in [-0.15, -0.1) is 0 Å². The maximum Gasteiger partial charge on any atom is 0.248 e. The van der Waals surface area contributed by atoms with E-state index in [2.05, 4.69) is 22.0 Å². The molecule has 35 heavy (non-hydrogen) atoms. The monoisotopic (exact) mass is 564 g/mol. The third kappa shape index (κ3) is 5.74. The molecule has 2 aliphatic heterocycles. The zero-order chi connectivity index (χ0) is 25.2. The van der Waals surface area contributed by atoms with Crippen molar-refractivity contribution < 1.29 is 22.7 Å². The van der Waals surface area contributed by atoms with Gasteiger partial charge in [-0.2, -0.15) is 4.31 Å². The van der Waals surface area contributed by atoms with Gasteiger partial charge in [0.2, 0.25) is 15.9 Å². The van der Waals surface area contributed by atoms with E-state index in [0.29, 0.717) is 47.8 Å². The zero-order valence-electron chi connectivity index (χ0n) is 20.5. The lowest BCUT2D eigenvalue weighted by atomic mass is 10.00. The van der Waals surface area contributed by atoms with Gasteiger partial charge < -0.3 is 14.4 Å². The van der Waals surface area contributed by atoms with Crippen LogP contribution in [0, 0.1) is 13.8 Å². The molecule has 0 aromatic heterocycles. The van der Waals surface area contributed by atoms with Crippen LogP contribution in [0.5, 0.6) is 5.75 Å². The first-order valence-corrected chi connectivity index (χ1v) is 14.2. The van der Waals surface area contributed by atoms with Gasteiger partial charge in [0.15, 0.2) is 0 Å². The van der Waals surface area contributed by atoms with Crippen LogP contribution in [0.1, 0.15) is 41.5 Å². The smallest absolute Gasteiger partial charge is 0.248 e. The molecule has 1 fully saturated rings. The molecule has 1 saturated heterocycles. The number of ether oxygens (including phenoxy) is 2. The van der Waals surface area contributed by atoms with Crippen LogP contribution in [-0.2, 0) is 32.5 Å². The quantitative estimate of drug-likeness (QED) is 0.503. The second kappa shape index (κ2) is 11.0. The summed E-state index contributed by atoms with van der Waals surface area (Å²) in [6.45, 7) is 5.44. The van der Waals surface area contributed by atoms with Crippen LogP contribution >= 0.6 is 15.9 Å². The predicted octanol–water partition coefficient (Wildman–Crippen LogP) is 4.22. The normalized spacial score (nSPS) is 18.9. The highest BCUT2D eigenvalue weighted by Crippen LogP contribution is 2.32. The summed E-state index contributed by atoms with van der Waals surface area (Å²) in [5.74, 6) is 0.578. The van der Waals surface area contributed by atoms with Crippen LogP contribution < -0.4 is 4.74 Å². The highest BCUT2D eigenvalue weighted by molar-refractivity contribution is 9.10. The molecule has 2 heterocycles. The lowest BCUT2D eigenvalue weighted by Crippen LogP contribution is -2.47. The Bertz CT molecular complexity index is 1180. The molecule has 0 N–H and O–H groups in total. The fraction of sp³-hybridized carbons (Fsp3) is 0.500. The van der Waals surface area contributed by atoms with Gasteiger partial charge in [-0.1, -0.05) is 28.4 Å². The number of hydrogen-bond acceptors (Lipinski definition) is 5. The van der Waals surface area contributed by atoms with Crippen molar-refractivity contribution in [1.29, 1.82) is 0 Å². The Morgan fingerprint density at radius 2 is 1.83 bits per heavy atom. The van der Waals surface area contributed by atoms with E-state index < -0.39 is 10.0 Å². The third-order valence-corrected chi connectivity index (χ3v) is 9.63. The van der Waals surface area contributed by atoms with E-state index in [1.54, 1.807) is 37.4 Å². The first kappa shape index (κ1) is 26.1. The number of halogens is 1. The fourth-order valence-corrected chi connectivity index (χ4v) is 7.62. The molecular formula is C26H33BrN2O5S. The molecule has 0 aliphatic carbocycles. The lowest BCUT2D eigenvalue weighted by molar-refractivity contribution is -0.137. The van der Waals surface area contributed by atoms with Crippen LogP contribution in [0.4, 0.5) is 0 Å². The zero-order valence-corrected chi connectivity index (χ0v) is 23.0. The standard InChI is InChI=1S/C26H33BrN2O5S/c1-18-12-24(33-3)13-19(2)26(18)35(31,32)29-10-5-4-6-23(29)16-34-17-25(30)28-11-9-20-14-22(27)8-7-21(20)15-28/h7-8,12-14,23H,4-6,9-11,15-17H2,1-3H3. The Morgan fingerprint density at radius 1 is 1.09 bits per heavy atom. The summed E-state index contributed by atoms with van der Waals surface area (Å²) in [5.41, 5.74) is 3.75. The predicted molar refractivity (Wildman–Crippen MR) is 138 cm³/mol. The highest BCUT2D eigenvalue weighted by Gasteiger charge is 2.35. The summed E-state index contributed by atoms with van der Waals surface area (Å²) in [4.78, 5) is 15.0. The number of sulfonamides is 1. The Morgan fingerprint density at radius 3 is 2.54 bits per heavy atom. The van der Waals surface area contributed by atoms with E-state index in [1.807, 2.05) is 17.0 Å². The minimum Gasteiger partial charge on any atom is -0.497 e. The van der Waals surface area contributed by atoms with Crippen LogP contribution in [0.25, 0.3) is 0 Å². The SMILES string of the molecule is COc1cc(C)c(S(=O)(=O)N2CCCCC2COCC(=O)N2CCc3cc(Br)ccc3C2)c(C)c1. The molecule has 7 nitrogen and oxygen atoms in total. The van der Waals surface area contributed by atoms with Crippen molar-refractivity contribution in [2.24, 2.45) is 0 Å². The van der Waals surface area contributed by atoms with Gasteiger partial charge in [0.25, 0.3) is 0 Å². The highest BCUT2D eigenvalue weighted by atomic mass is 79.9. The van der Waals surface area contributed by atoms with Crippen LogP contribution in [0.15, 0.2) is 39.7 Å². The number of nitrogens with zero attached hydrogens (tertiary/aromatic N) is 2. The molecule has 9 heteroatoms. The largest absolute Gasteiger partial charge is 0.497 e. The fourth-order valence-electron chi connectivity index (χ4n) is 5.12. The van der Waals surface area contributed by atoms with Gasteiger partial charge in [0.1, 0.15) is 12.4 Å². The average Bonchev–Trinajstić information content (AvgIpc) is 2.83. The second-order valence-electron chi connectivity index (χ2n) is 9.35. The molecule has 4 rings (SSSR count). The summed E-state index contributed by atoms with van der Waals surface area (Å²) in [5, 5.41) is 0. The molecule has 190 valence electrons. The van der Waals surface area contributed by atoms with Crippen LogP contribution in [0.3, 0.4) is 0 Å². The first-order valence-electron chi connectivity index (χ1n) is 12.0. The summed E-state index contributed by atoms with van der Waals surface area (Å²) in [6.07, 6.45) is 3.28. The third-order valence-electron chi connectivity index (χ3n) is 6.88. The number of carbonyl (C=O) groups is 1. The minimum atomic E-state index is -3.71. The summed E-state index contributed by atoms with van der Waals surface area (Å²) in [7, 11) is -2.13. The number of methoxy groups -OCH3 is 1. The lowest BCUT2D eigenvalue weighted by Gasteiger charge is -2.35. The molecule has 1 atom stereocenters. The summed E-state index contributed by atoms with van der Waals surface area (Å²) >= 11 is 3.50. The molecule has 2 aromatic carbocycles. The van der Waals surface area contributed by atoms with Gasteiger partial charge in [-0.05, 0) is 79.6 Å². The molecule has 1 unspecified atom stereocenters. The van der Waals surface area contributed by atoms with Crippen molar-refractivity contribution in [3.05, 3.63) is 57.1 Å². The van der Waals surface area contributed by atoms with E-state index in [9.17, 15) is 13.2 Å². The number of benzene rings is 2. The molecule has 2 aliphatic rings. The van der Waals surface area contributed by atoms with E-state index in [-0.39, 0.29) is 25.2 Å². The molecular weight excluding hydrogens is 532 g/mol. The van der Waals surface area contributed by atoms with E-state index >= 15 is 0 Å². The summed E-state index contributed by atoms with van der Waals surface area (Å²) in [6, 6.07) is 9.37. The number of rotatable bonds is 7. The van der Waals surface area contributed by atoms with Gasteiger partial charge >= 0.3 is 0 Å². The van der Waals surface area contributed by atoms with Crippen molar-refractivity contribution in [2.45, 2.75) is 57.0 Å². The number of fused-ring (bicyclic) bond motifs is 1. The van der Waals surface area contributed by atoms with E-state index in [4.69, 9.17) is 9.47 Å². The molecule has 2 aromatic rings. The topological polar surface area (TPSA) is 76.1 Å². The Labute approximate surface area is 216 Å². The molecule has 0 radical (unpaired) electrons. The number of amides is 1. The van der Waals surface area contributed by atoms with Gasteiger partial charge in [-0.25, -0.2) is 8.42 Å². The Balaban J connectivity index is 1.40. The number of aryl methyl sites for hydroxylation is 2. The van der Waals surface area contributed by atoms with E-state index in [0.717, 1.165) is 29.3 Å². The van der Waals surface area contributed by atoms with Crippen molar-refractivity contribution in [3.8, 4) is 5.75 Å². The molecule has 1 amide bonds. The van der Waals surface area contributed by atoms with Gasteiger partial charge in [-0.3, -0.25) is 4.79 Å². The number of hydrogen-bond donors (Lipinski definition) is 0. The van der Waals surface area contributed by atoms with E-state index in [1.165, 1.54) is 5.56 Å². The van der Waals surface area contributed by atoms with Gasteiger partial charge in [0.05, 0.1) is 18.6 Å². The van der Waals surface area contributed by atoms with Crippen molar-refractivity contribution in [3.63, 3.8) is 0 Å². The second-order valence-corrected chi connectivity index (χ2v) is 12.1. The number of carbonyl (C=O) groups excluding carboxylic acids is 1. The van der Waals surface area contributed by atoms with Gasteiger partial charge in [0, 0.05) is 30.1 Å². The molecule has 0 spiro atoms. The first-order chi connectivity index (χ1) is 16.7.